The van der Waals surface area contributed by atoms with E-state index < -0.39 is 5.97 Å². The number of carboxylic acid groups (broad SMARTS) is 1. The van der Waals surface area contributed by atoms with Crippen molar-refractivity contribution in [3.63, 3.8) is 0 Å². The topological polar surface area (TPSA) is 80.0 Å². The van der Waals surface area contributed by atoms with Gasteiger partial charge in [0.2, 0.25) is 0 Å². The molecule has 1 aliphatic carbocycles. The van der Waals surface area contributed by atoms with Crippen LogP contribution in [0.5, 0.6) is 0 Å². The minimum Gasteiger partial charge on any atom is -0.478 e. The van der Waals surface area contributed by atoms with E-state index in [-0.39, 0.29) is 17.0 Å². The summed E-state index contributed by atoms with van der Waals surface area (Å²) in [4.78, 5) is 15.7. The highest BCUT2D eigenvalue weighted by Gasteiger charge is 2.35. The molecule has 2 aromatic rings. The molecule has 2 aromatic heterocycles. The van der Waals surface area contributed by atoms with Gasteiger partial charge >= 0.3 is 5.97 Å². The molecule has 6 nitrogen and oxygen atoms in total. The summed E-state index contributed by atoms with van der Waals surface area (Å²) in [5.41, 5.74) is 1.70. The number of carboxylic acids is 1. The van der Waals surface area contributed by atoms with Crippen LogP contribution in [0, 0.1) is 5.41 Å². The molecule has 21 heavy (non-hydrogen) atoms. The zero-order valence-corrected chi connectivity index (χ0v) is 12.6. The summed E-state index contributed by atoms with van der Waals surface area (Å²) >= 11 is 0. The van der Waals surface area contributed by atoms with Crippen LogP contribution in [0.2, 0.25) is 0 Å². The maximum Gasteiger partial charge on any atom is 0.339 e. The van der Waals surface area contributed by atoms with Crippen LogP contribution >= 0.6 is 0 Å². The Labute approximate surface area is 123 Å². The van der Waals surface area contributed by atoms with Gasteiger partial charge in [-0.3, -0.25) is 4.68 Å². The molecular formula is C15H20N4O2. The Kier molecular flexibility index (Phi) is 3.11. The van der Waals surface area contributed by atoms with Gasteiger partial charge in [0.05, 0.1) is 17.3 Å². The Morgan fingerprint density at radius 2 is 2.24 bits per heavy atom. The van der Waals surface area contributed by atoms with Crippen LogP contribution in [-0.4, -0.2) is 31.9 Å². The second kappa shape index (κ2) is 4.72. The van der Waals surface area contributed by atoms with Crippen molar-refractivity contribution in [3.05, 3.63) is 18.0 Å². The Balaban J connectivity index is 2.10. The van der Waals surface area contributed by atoms with Gasteiger partial charge in [-0.2, -0.15) is 5.10 Å². The van der Waals surface area contributed by atoms with E-state index in [1.54, 1.807) is 17.9 Å². The second-order valence-electron chi connectivity index (χ2n) is 6.44. The van der Waals surface area contributed by atoms with E-state index in [4.69, 9.17) is 0 Å². The summed E-state index contributed by atoms with van der Waals surface area (Å²) in [6.45, 7) is 4.44. The highest BCUT2D eigenvalue weighted by Crippen LogP contribution is 2.40. The molecule has 0 spiro atoms. The molecule has 112 valence electrons. The smallest absolute Gasteiger partial charge is 0.339 e. The predicted molar refractivity (Wildman–Crippen MR) is 80.5 cm³/mol. The fourth-order valence-electron chi connectivity index (χ4n) is 3.18. The molecule has 0 bridgehead atoms. The van der Waals surface area contributed by atoms with Crippen LogP contribution < -0.4 is 5.32 Å². The number of hydrogen-bond donors (Lipinski definition) is 2. The van der Waals surface area contributed by atoms with Crippen molar-refractivity contribution in [3.8, 4) is 0 Å². The lowest BCUT2D eigenvalue weighted by Gasteiger charge is -2.29. The maximum atomic E-state index is 11.5. The Morgan fingerprint density at radius 3 is 2.86 bits per heavy atom. The van der Waals surface area contributed by atoms with Crippen molar-refractivity contribution in [2.24, 2.45) is 12.5 Å². The zero-order valence-electron chi connectivity index (χ0n) is 12.6. The first-order valence-corrected chi connectivity index (χ1v) is 7.21. The van der Waals surface area contributed by atoms with E-state index in [1.165, 1.54) is 6.20 Å². The van der Waals surface area contributed by atoms with Gasteiger partial charge in [0.1, 0.15) is 5.56 Å². The molecule has 0 saturated heterocycles. The zero-order chi connectivity index (χ0) is 15.2. The van der Waals surface area contributed by atoms with Gasteiger partial charge in [-0.1, -0.05) is 20.3 Å². The number of carbonyl (C=O) groups is 1. The fraction of sp³-hybridized carbons (Fsp3) is 0.533. The highest BCUT2D eigenvalue weighted by atomic mass is 16.4. The molecule has 0 aliphatic heterocycles. The maximum absolute atomic E-state index is 11.5. The lowest BCUT2D eigenvalue weighted by molar-refractivity contribution is 0.0697. The quantitative estimate of drug-likeness (QED) is 0.907. The fourth-order valence-corrected chi connectivity index (χ4v) is 3.18. The minimum absolute atomic E-state index is 0.160. The summed E-state index contributed by atoms with van der Waals surface area (Å²) in [6, 6.07) is 0.265. The molecule has 1 fully saturated rings. The lowest BCUT2D eigenvalue weighted by Crippen LogP contribution is -2.31. The molecule has 0 amide bonds. The van der Waals surface area contributed by atoms with Crippen molar-refractivity contribution < 1.29 is 9.90 Å². The first-order valence-electron chi connectivity index (χ1n) is 7.21. The van der Waals surface area contributed by atoms with Crippen molar-refractivity contribution >= 4 is 22.7 Å². The van der Waals surface area contributed by atoms with Gasteiger partial charge in [0.25, 0.3) is 0 Å². The molecule has 2 heterocycles. The number of aromatic carboxylic acids is 1. The van der Waals surface area contributed by atoms with E-state index in [0.717, 1.165) is 24.6 Å². The molecule has 0 aromatic carbocycles. The third kappa shape index (κ3) is 2.24. The molecule has 3 rings (SSSR count). The summed E-state index contributed by atoms with van der Waals surface area (Å²) in [6.07, 6.45) is 6.45. The van der Waals surface area contributed by atoms with E-state index in [0.29, 0.717) is 11.3 Å². The van der Waals surface area contributed by atoms with E-state index >= 15 is 0 Å². The number of aryl methyl sites for hydroxylation is 1. The predicted octanol–water partition coefficient (Wildman–Crippen LogP) is 2.66. The van der Waals surface area contributed by atoms with E-state index in [1.807, 2.05) is 0 Å². The largest absolute Gasteiger partial charge is 0.478 e. The van der Waals surface area contributed by atoms with Crippen molar-refractivity contribution in [1.29, 1.82) is 0 Å². The summed E-state index contributed by atoms with van der Waals surface area (Å²) < 4.78 is 1.66. The number of hydrogen-bond acceptors (Lipinski definition) is 4. The highest BCUT2D eigenvalue weighted by molar-refractivity contribution is 6.03. The molecule has 1 saturated carbocycles. The number of aromatic nitrogens is 3. The average molecular weight is 288 g/mol. The number of fused-ring (bicyclic) bond motifs is 1. The SMILES string of the molecule is Cn1ncc2c(NC3CCCC3(C)C)c(C(=O)O)cnc21. The first-order chi connectivity index (χ1) is 9.90. The number of pyridine rings is 1. The van der Waals surface area contributed by atoms with Gasteiger partial charge in [0, 0.05) is 19.3 Å². The van der Waals surface area contributed by atoms with Crippen LogP contribution in [-0.2, 0) is 7.05 Å². The van der Waals surface area contributed by atoms with Crippen LogP contribution in [0.15, 0.2) is 12.4 Å². The van der Waals surface area contributed by atoms with Gasteiger partial charge in [-0.05, 0) is 18.3 Å². The van der Waals surface area contributed by atoms with Gasteiger partial charge in [-0.25, -0.2) is 9.78 Å². The monoisotopic (exact) mass is 288 g/mol. The van der Waals surface area contributed by atoms with Crippen LogP contribution in [0.25, 0.3) is 11.0 Å². The first kappa shape index (κ1) is 13.9. The third-order valence-corrected chi connectivity index (χ3v) is 4.57. The van der Waals surface area contributed by atoms with Crippen LogP contribution in [0.1, 0.15) is 43.5 Å². The van der Waals surface area contributed by atoms with E-state index in [2.05, 4.69) is 29.2 Å². The molecule has 0 radical (unpaired) electrons. The molecule has 1 atom stereocenters. The van der Waals surface area contributed by atoms with Crippen LogP contribution in [0.4, 0.5) is 5.69 Å². The summed E-state index contributed by atoms with van der Waals surface area (Å²) in [5.74, 6) is -0.966. The number of anilines is 1. The summed E-state index contributed by atoms with van der Waals surface area (Å²) in [5, 5.41) is 17.8. The van der Waals surface area contributed by atoms with Gasteiger partial charge in [-0.15, -0.1) is 0 Å². The molecule has 6 heteroatoms. The standard InChI is InChI=1S/C15H20N4O2/c1-15(2)6-4-5-11(15)18-12-9-8-17-19(3)13(9)16-7-10(12)14(20)21/h7-8,11H,4-6H2,1-3H3,(H,16,18)(H,20,21). The van der Waals surface area contributed by atoms with Crippen molar-refractivity contribution in [2.75, 3.05) is 5.32 Å². The molecule has 1 aliphatic rings. The normalized spacial score (nSPS) is 20.8. The second-order valence-corrected chi connectivity index (χ2v) is 6.44. The van der Waals surface area contributed by atoms with Crippen molar-refractivity contribution in [2.45, 2.75) is 39.2 Å². The average Bonchev–Trinajstić information content (AvgIpc) is 2.94. The lowest BCUT2D eigenvalue weighted by atomic mass is 9.87. The Bertz CT molecular complexity index is 705. The van der Waals surface area contributed by atoms with Gasteiger partial charge < -0.3 is 10.4 Å². The summed E-state index contributed by atoms with van der Waals surface area (Å²) in [7, 11) is 1.80. The number of rotatable bonds is 3. The number of nitrogens with one attached hydrogen (secondary N) is 1. The third-order valence-electron chi connectivity index (χ3n) is 4.57. The molecule has 2 N–H and O–H groups in total. The van der Waals surface area contributed by atoms with Crippen LogP contribution in [0.3, 0.4) is 0 Å². The molecule has 1 unspecified atom stereocenters. The minimum atomic E-state index is -0.966. The number of nitrogens with zero attached hydrogens (tertiary/aromatic N) is 3. The Morgan fingerprint density at radius 1 is 1.48 bits per heavy atom. The van der Waals surface area contributed by atoms with E-state index in [9.17, 15) is 9.90 Å². The van der Waals surface area contributed by atoms with Gasteiger partial charge in [0.15, 0.2) is 5.65 Å². The van der Waals surface area contributed by atoms with Crippen molar-refractivity contribution in [1.82, 2.24) is 14.8 Å². The molecular weight excluding hydrogens is 268 g/mol. The Hall–Kier alpha value is -2.11.